The van der Waals surface area contributed by atoms with Gasteiger partial charge in [0.25, 0.3) is 0 Å². The van der Waals surface area contributed by atoms with Crippen molar-refractivity contribution >= 4 is 34.8 Å². The van der Waals surface area contributed by atoms with Gasteiger partial charge in [-0.3, -0.25) is 0 Å². The van der Waals surface area contributed by atoms with Crippen LogP contribution in [-0.2, 0) is 12.8 Å². The molecule has 2 N–H and O–H groups in total. The second-order valence-electron chi connectivity index (χ2n) is 4.58. The van der Waals surface area contributed by atoms with Gasteiger partial charge in [0.1, 0.15) is 5.82 Å². The van der Waals surface area contributed by atoms with Crippen LogP contribution in [0.5, 0.6) is 0 Å². The SMILES string of the molecule is NC(Cc1cccc(Cl)c1F)Cc1c(Cl)cccc1Cl. The van der Waals surface area contributed by atoms with E-state index in [0.29, 0.717) is 28.5 Å². The molecule has 1 unspecified atom stereocenters. The lowest BCUT2D eigenvalue weighted by Crippen LogP contribution is -2.26. The second-order valence-corrected chi connectivity index (χ2v) is 5.80. The number of nitrogens with two attached hydrogens (primary N) is 1. The Balaban J connectivity index is 2.13. The molecule has 0 aliphatic heterocycles. The van der Waals surface area contributed by atoms with Crippen molar-refractivity contribution in [3.8, 4) is 0 Å². The van der Waals surface area contributed by atoms with E-state index in [-0.39, 0.29) is 11.1 Å². The molecule has 0 spiro atoms. The quantitative estimate of drug-likeness (QED) is 0.847. The van der Waals surface area contributed by atoms with Gasteiger partial charge in [-0.05, 0) is 42.2 Å². The summed E-state index contributed by atoms with van der Waals surface area (Å²) in [5.41, 5.74) is 7.34. The third-order valence-electron chi connectivity index (χ3n) is 3.04. The maximum Gasteiger partial charge on any atom is 0.145 e. The van der Waals surface area contributed by atoms with Crippen molar-refractivity contribution in [1.82, 2.24) is 0 Å². The fourth-order valence-electron chi connectivity index (χ4n) is 2.05. The molecule has 0 saturated carbocycles. The summed E-state index contributed by atoms with van der Waals surface area (Å²) in [4.78, 5) is 0. The maximum absolute atomic E-state index is 13.8. The molecular formula is C15H13Cl3FN. The van der Waals surface area contributed by atoms with Gasteiger partial charge >= 0.3 is 0 Å². The summed E-state index contributed by atoms with van der Waals surface area (Å²) >= 11 is 17.9. The monoisotopic (exact) mass is 331 g/mol. The highest BCUT2D eigenvalue weighted by atomic mass is 35.5. The Kier molecular flexibility index (Phi) is 5.28. The summed E-state index contributed by atoms with van der Waals surface area (Å²) in [6.07, 6.45) is 0.846. The Hall–Kier alpha value is -0.800. The molecular weight excluding hydrogens is 320 g/mol. The first-order chi connectivity index (χ1) is 9.49. The van der Waals surface area contributed by atoms with Crippen molar-refractivity contribution in [2.75, 3.05) is 0 Å². The molecule has 0 aromatic heterocycles. The van der Waals surface area contributed by atoms with Crippen molar-refractivity contribution in [2.24, 2.45) is 5.73 Å². The van der Waals surface area contributed by atoms with E-state index in [1.165, 1.54) is 6.07 Å². The Morgan fingerprint density at radius 2 is 1.45 bits per heavy atom. The zero-order valence-corrected chi connectivity index (χ0v) is 12.8. The van der Waals surface area contributed by atoms with Crippen LogP contribution < -0.4 is 5.73 Å². The highest BCUT2D eigenvalue weighted by molar-refractivity contribution is 6.36. The molecule has 2 rings (SSSR count). The molecule has 0 amide bonds. The van der Waals surface area contributed by atoms with E-state index in [2.05, 4.69) is 0 Å². The van der Waals surface area contributed by atoms with Gasteiger partial charge in [0.05, 0.1) is 5.02 Å². The summed E-state index contributed by atoms with van der Waals surface area (Å²) in [7, 11) is 0. The van der Waals surface area contributed by atoms with Gasteiger partial charge in [-0.1, -0.05) is 53.0 Å². The van der Waals surface area contributed by atoms with E-state index in [1.807, 2.05) is 0 Å². The van der Waals surface area contributed by atoms with E-state index >= 15 is 0 Å². The van der Waals surface area contributed by atoms with Crippen molar-refractivity contribution in [3.05, 3.63) is 68.4 Å². The average molecular weight is 333 g/mol. The van der Waals surface area contributed by atoms with Gasteiger partial charge < -0.3 is 5.73 Å². The molecule has 0 bridgehead atoms. The maximum atomic E-state index is 13.8. The Labute approximate surface area is 132 Å². The molecule has 0 saturated heterocycles. The third kappa shape index (κ3) is 3.64. The topological polar surface area (TPSA) is 26.0 Å². The van der Waals surface area contributed by atoms with E-state index in [0.717, 1.165) is 5.56 Å². The first kappa shape index (κ1) is 15.6. The molecule has 5 heteroatoms. The Morgan fingerprint density at radius 1 is 0.900 bits per heavy atom. The van der Waals surface area contributed by atoms with Crippen molar-refractivity contribution in [1.29, 1.82) is 0 Å². The fourth-order valence-corrected chi connectivity index (χ4v) is 2.80. The minimum Gasteiger partial charge on any atom is -0.327 e. The van der Waals surface area contributed by atoms with Crippen molar-refractivity contribution < 1.29 is 4.39 Å². The highest BCUT2D eigenvalue weighted by Crippen LogP contribution is 2.26. The molecule has 2 aromatic carbocycles. The minimum absolute atomic E-state index is 0.102. The predicted molar refractivity (Wildman–Crippen MR) is 83.3 cm³/mol. The van der Waals surface area contributed by atoms with Crippen LogP contribution in [0.1, 0.15) is 11.1 Å². The molecule has 106 valence electrons. The molecule has 2 aromatic rings. The highest BCUT2D eigenvalue weighted by Gasteiger charge is 2.14. The van der Waals surface area contributed by atoms with Gasteiger partial charge in [-0.25, -0.2) is 4.39 Å². The summed E-state index contributed by atoms with van der Waals surface area (Å²) in [6.45, 7) is 0. The number of rotatable bonds is 4. The van der Waals surface area contributed by atoms with Crippen LogP contribution in [0.3, 0.4) is 0 Å². The molecule has 20 heavy (non-hydrogen) atoms. The standard InChI is InChI=1S/C15H13Cl3FN/c16-12-4-2-5-13(17)11(12)8-10(20)7-9-3-1-6-14(18)15(9)19/h1-6,10H,7-8,20H2. The molecule has 0 aliphatic carbocycles. The van der Waals surface area contributed by atoms with Gasteiger partial charge in [0, 0.05) is 16.1 Å². The van der Waals surface area contributed by atoms with E-state index in [9.17, 15) is 4.39 Å². The molecule has 0 fully saturated rings. The minimum atomic E-state index is -0.421. The smallest absolute Gasteiger partial charge is 0.145 e. The van der Waals surface area contributed by atoms with Crippen molar-refractivity contribution in [2.45, 2.75) is 18.9 Å². The lowest BCUT2D eigenvalue weighted by molar-refractivity contribution is 0.584. The zero-order chi connectivity index (χ0) is 14.7. The van der Waals surface area contributed by atoms with Crippen LogP contribution in [0, 0.1) is 5.82 Å². The van der Waals surface area contributed by atoms with Gasteiger partial charge in [-0.15, -0.1) is 0 Å². The lowest BCUT2D eigenvalue weighted by Gasteiger charge is -2.15. The van der Waals surface area contributed by atoms with E-state index in [1.54, 1.807) is 30.3 Å². The molecule has 1 atom stereocenters. The van der Waals surface area contributed by atoms with Crippen LogP contribution >= 0.6 is 34.8 Å². The van der Waals surface area contributed by atoms with Crippen LogP contribution in [0.4, 0.5) is 4.39 Å². The number of halogens is 4. The summed E-state index contributed by atoms with van der Waals surface area (Å²) in [5.74, 6) is -0.421. The zero-order valence-electron chi connectivity index (χ0n) is 10.5. The lowest BCUT2D eigenvalue weighted by atomic mass is 9.99. The van der Waals surface area contributed by atoms with E-state index in [4.69, 9.17) is 40.5 Å². The third-order valence-corrected chi connectivity index (χ3v) is 4.04. The molecule has 0 aliphatic rings. The summed E-state index contributed by atoms with van der Waals surface area (Å²) in [6, 6.07) is 9.89. The molecule has 0 heterocycles. The van der Waals surface area contributed by atoms with Crippen LogP contribution in [0.15, 0.2) is 36.4 Å². The normalized spacial score (nSPS) is 12.4. The van der Waals surface area contributed by atoms with Crippen LogP contribution in [-0.4, -0.2) is 6.04 Å². The second kappa shape index (κ2) is 6.77. The number of hydrogen-bond donors (Lipinski definition) is 1. The predicted octanol–water partition coefficient (Wildman–Crippen LogP) is 4.90. The van der Waals surface area contributed by atoms with Gasteiger partial charge in [0.2, 0.25) is 0 Å². The molecule has 1 nitrogen and oxygen atoms in total. The van der Waals surface area contributed by atoms with Crippen LogP contribution in [0.2, 0.25) is 15.1 Å². The van der Waals surface area contributed by atoms with Crippen LogP contribution in [0.25, 0.3) is 0 Å². The van der Waals surface area contributed by atoms with Gasteiger partial charge in [-0.2, -0.15) is 0 Å². The fraction of sp³-hybridized carbons (Fsp3) is 0.200. The number of hydrogen-bond acceptors (Lipinski definition) is 1. The first-order valence-electron chi connectivity index (χ1n) is 6.10. The Morgan fingerprint density at radius 3 is 2.10 bits per heavy atom. The van der Waals surface area contributed by atoms with Gasteiger partial charge in [0.15, 0.2) is 0 Å². The first-order valence-corrected chi connectivity index (χ1v) is 7.23. The average Bonchev–Trinajstić information content (AvgIpc) is 2.39. The van der Waals surface area contributed by atoms with Crippen molar-refractivity contribution in [3.63, 3.8) is 0 Å². The number of benzene rings is 2. The largest absolute Gasteiger partial charge is 0.327 e. The molecule has 0 radical (unpaired) electrons. The van der Waals surface area contributed by atoms with E-state index < -0.39 is 5.82 Å². The summed E-state index contributed by atoms with van der Waals surface area (Å²) < 4.78 is 13.8. The summed E-state index contributed by atoms with van der Waals surface area (Å²) in [5, 5.41) is 1.24. The Bertz CT molecular complexity index is 596.